The van der Waals surface area contributed by atoms with Crippen LogP contribution in [-0.2, 0) is 16.2 Å². The number of halogens is 5. The number of nitrogens with one attached hydrogen (secondary N) is 1. The van der Waals surface area contributed by atoms with Gasteiger partial charge in [0.15, 0.2) is 0 Å². The fourth-order valence-corrected chi connectivity index (χ4v) is 6.12. The number of carbonyl (C=O) groups excluding carboxylic acids is 1. The molecular weight excluding hydrogens is 566 g/mol. The van der Waals surface area contributed by atoms with E-state index in [4.69, 9.17) is 23.2 Å². The molecule has 2 aliphatic heterocycles. The van der Waals surface area contributed by atoms with Gasteiger partial charge in [0.25, 0.3) is 0 Å². The van der Waals surface area contributed by atoms with Gasteiger partial charge in [-0.3, -0.25) is 0 Å². The smallest absolute Gasteiger partial charge is 0.367 e. The molecule has 1 aromatic carbocycles. The molecule has 8 nitrogen and oxygen atoms in total. The van der Waals surface area contributed by atoms with Crippen molar-refractivity contribution >= 4 is 45.1 Å². The van der Waals surface area contributed by atoms with Crippen molar-refractivity contribution in [2.75, 3.05) is 50.8 Å². The fraction of sp³-hybridized carbons (Fsp3) is 0.500. The van der Waals surface area contributed by atoms with Crippen LogP contribution in [0.1, 0.15) is 24.0 Å². The van der Waals surface area contributed by atoms with Gasteiger partial charge in [-0.25, -0.2) is 18.2 Å². The topological polar surface area (TPSA) is 85.8 Å². The Balaban J connectivity index is 1.52. The number of carbonyl (C=O) groups is 1. The van der Waals surface area contributed by atoms with Crippen molar-refractivity contribution in [2.45, 2.75) is 25.1 Å². The van der Waals surface area contributed by atoms with E-state index in [1.807, 2.05) is 13.0 Å². The number of hydrogen-bond acceptors (Lipinski definition) is 5. The van der Waals surface area contributed by atoms with Gasteiger partial charge in [-0.15, -0.1) is 0 Å². The molecule has 3 heterocycles. The first-order valence-corrected chi connectivity index (χ1v) is 14.6. The lowest BCUT2D eigenvalue weighted by Gasteiger charge is -2.35. The Morgan fingerprint density at radius 1 is 1.05 bits per heavy atom. The number of hydrogen-bond donors (Lipinski definition) is 1. The van der Waals surface area contributed by atoms with Crippen molar-refractivity contribution in [2.24, 2.45) is 5.92 Å². The fourth-order valence-electron chi connectivity index (χ4n) is 4.99. The third-order valence-electron chi connectivity index (χ3n) is 7.09. The summed E-state index contributed by atoms with van der Waals surface area (Å²) in [6, 6.07) is 7.12. The molecule has 14 heteroatoms. The molecule has 0 saturated carbocycles. The van der Waals surface area contributed by atoms with Crippen LogP contribution in [0.2, 0.25) is 10.0 Å². The van der Waals surface area contributed by atoms with Crippen LogP contribution in [0.5, 0.6) is 0 Å². The summed E-state index contributed by atoms with van der Waals surface area (Å²) in [6.07, 6.45) is -2.54. The Morgan fingerprint density at radius 3 is 2.29 bits per heavy atom. The highest BCUT2D eigenvalue weighted by Gasteiger charge is 2.41. The summed E-state index contributed by atoms with van der Waals surface area (Å²) in [4.78, 5) is 20.7. The monoisotopic (exact) mass is 593 g/mol. The van der Waals surface area contributed by atoms with E-state index in [1.165, 1.54) is 10.4 Å². The molecule has 2 aromatic rings. The van der Waals surface area contributed by atoms with E-state index in [2.05, 4.69) is 10.3 Å². The number of urea groups is 1. The lowest BCUT2D eigenvalue weighted by molar-refractivity contribution is -0.137. The van der Waals surface area contributed by atoms with Gasteiger partial charge in [0.2, 0.25) is 10.0 Å². The highest BCUT2D eigenvalue weighted by molar-refractivity contribution is 7.88. The number of rotatable bonds is 5. The zero-order valence-corrected chi connectivity index (χ0v) is 23.1. The van der Waals surface area contributed by atoms with Crippen LogP contribution in [-0.4, -0.2) is 85.1 Å². The van der Waals surface area contributed by atoms with Crippen LogP contribution < -0.4 is 5.32 Å². The summed E-state index contributed by atoms with van der Waals surface area (Å²) in [5.41, 5.74) is 0.0496. The average molecular weight is 594 g/mol. The Morgan fingerprint density at radius 2 is 1.74 bits per heavy atom. The summed E-state index contributed by atoms with van der Waals surface area (Å²) >= 11 is 12.4. The minimum atomic E-state index is -4.48. The second kappa shape index (κ2) is 11.1. The molecule has 1 N–H and O–H groups in total. The molecule has 0 bridgehead atoms. The summed E-state index contributed by atoms with van der Waals surface area (Å²) in [5.74, 6) is 0.0284. The SMILES string of the molecule is C[C@H](Nc1ccc(C(F)(F)F)cn1)C1CN(C(=O)N2CCN(S(C)(=O)=O)CC2)CC1c1ccc(Cl)c(Cl)c1. The van der Waals surface area contributed by atoms with E-state index in [0.717, 1.165) is 24.1 Å². The normalized spacial score (nSPS) is 22.0. The van der Waals surface area contributed by atoms with Crippen molar-refractivity contribution < 1.29 is 26.4 Å². The Bertz CT molecular complexity index is 1270. The predicted molar refractivity (Wildman–Crippen MR) is 140 cm³/mol. The van der Waals surface area contributed by atoms with Gasteiger partial charge in [-0.1, -0.05) is 29.3 Å². The van der Waals surface area contributed by atoms with Gasteiger partial charge in [0.1, 0.15) is 5.82 Å². The van der Waals surface area contributed by atoms with Crippen molar-refractivity contribution in [3.63, 3.8) is 0 Å². The highest BCUT2D eigenvalue weighted by atomic mass is 35.5. The molecule has 3 atom stereocenters. The van der Waals surface area contributed by atoms with Gasteiger partial charge in [-0.2, -0.15) is 17.5 Å². The zero-order chi connectivity index (χ0) is 27.8. The van der Waals surface area contributed by atoms with Crippen molar-refractivity contribution in [1.82, 2.24) is 19.1 Å². The Labute approximate surface area is 229 Å². The van der Waals surface area contributed by atoms with Crippen LogP contribution in [0.25, 0.3) is 0 Å². The van der Waals surface area contributed by atoms with Crippen LogP contribution in [0.4, 0.5) is 23.8 Å². The van der Waals surface area contributed by atoms with Crippen molar-refractivity contribution in [3.8, 4) is 0 Å². The maximum Gasteiger partial charge on any atom is 0.417 e. The summed E-state index contributed by atoms with van der Waals surface area (Å²) in [5, 5.41) is 3.98. The molecule has 4 rings (SSSR count). The number of benzene rings is 1. The van der Waals surface area contributed by atoms with Crippen LogP contribution in [0, 0.1) is 5.92 Å². The van der Waals surface area contributed by atoms with E-state index < -0.39 is 21.8 Å². The molecule has 0 aliphatic carbocycles. The van der Waals surface area contributed by atoms with E-state index in [1.54, 1.807) is 21.9 Å². The van der Waals surface area contributed by atoms with Crippen LogP contribution in [0.15, 0.2) is 36.5 Å². The van der Waals surface area contributed by atoms with Gasteiger partial charge >= 0.3 is 12.2 Å². The molecule has 2 aliphatic rings. The van der Waals surface area contributed by atoms with E-state index in [-0.39, 0.29) is 50.1 Å². The quantitative estimate of drug-likeness (QED) is 0.547. The molecule has 1 aromatic heterocycles. The number of aromatic nitrogens is 1. The van der Waals surface area contributed by atoms with E-state index >= 15 is 0 Å². The molecule has 2 saturated heterocycles. The lowest BCUT2D eigenvalue weighted by Crippen LogP contribution is -2.53. The number of sulfonamides is 1. The number of amides is 2. The minimum absolute atomic E-state index is 0.127. The van der Waals surface area contributed by atoms with Crippen LogP contribution >= 0.6 is 23.2 Å². The average Bonchev–Trinajstić information content (AvgIpc) is 3.30. The van der Waals surface area contributed by atoms with Crippen molar-refractivity contribution in [1.29, 1.82) is 0 Å². The Kier molecular flexibility index (Phi) is 8.37. The molecule has 2 fully saturated rings. The minimum Gasteiger partial charge on any atom is -0.367 e. The third-order valence-corrected chi connectivity index (χ3v) is 9.14. The summed E-state index contributed by atoms with van der Waals surface area (Å²) in [7, 11) is -3.33. The first-order valence-electron chi connectivity index (χ1n) is 12.0. The number of alkyl halides is 3. The molecule has 2 unspecified atom stereocenters. The van der Waals surface area contributed by atoms with Gasteiger partial charge < -0.3 is 15.1 Å². The first kappa shape index (κ1) is 28.7. The largest absolute Gasteiger partial charge is 0.417 e. The maximum atomic E-state index is 13.4. The second-order valence-corrected chi connectivity index (χ2v) is 12.4. The highest BCUT2D eigenvalue weighted by Crippen LogP contribution is 2.38. The van der Waals surface area contributed by atoms with E-state index in [0.29, 0.717) is 29.0 Å². The summed E-state index contributed by atoms with van der Waals surface area (Å²) < 4.78 is 63.8. The zero-order valence-electron chi connectivity index (χ0n) is 20.8. The number of nitrogens with zero attached hydrogens (tertiary/aromatic N) is 4. The number of piperazine rings is 1. The molecule has 38 heavy (non-hydrogen) atoms. The molecule has 0 spiro atoms. The number of anilines is 1. The van der Waals surface area contributed by atoms with Gasteiger partial charge in [0.05, 0.1) is 21.9 Å². The third kappa shape index (κ3) is 6.47. The lowest BCUT2D eigenvalue weighted by atomic mass is 9.84. The Hall–Kier alpha value is -2.28. The predicted octanol–water partition coefficient (Wildman–Crippen LogP) is 4.62. The number of likely N-dealkylation sites (tertiary alicyclic amines) is 1. The second-order valence-electron chi connectivity index (χ2n) is 9.64. The van der Waals surface area contributed by atoms with Crippen molar-refractivity contribution in [3.05, 3.63) is 57.7 Å². The summed E-state index contributed by atoms with van der Waals surface area (Å²) in [6.45, 7) is 3.70. The maximum absolute atomic E-state index is 13.4. The van der Waals surface area contributed by atoms with E-state index in [9.17, 15) is 26.4 Å². The molecule has 0 radical (unpaired) electrons. The molecule has 208 valence electrons. The molecule has 2 amide bonds. The van der Waals surface area contributed by atoms with Gasteiger partial charge in [-0.05, 0) is 36.8 Å². The molecular formula is C24H28Cl2F3N5O3S. The van der Waals surface area contributed by atoms with Gasteiger partial charge in [0, 0.05) is 63.3 Å². The van der Waals surface area contributed by atoms with Crippen LogP contribution in [0.3, 0.4) is 0 Å². The number of pyridine rings is 1. The standard InChI is InChI=1S/C24H28Cl2F3N5O3S/c1-15(31-22-6-4-17(12-30-22)24(27,28)29)18-13-33(14-19(18)16-3-5-20(25)21(26)11-16)23(35)32-7-9-34(10-8-32)38(2,36)37/h3-6,11-12,15,18-19H,7-10,13-14H2,1-2H3,(H,30,31)/t15-,18?,19?/m0/s1. The first-order chi connectivity index (χ1) is 17.7.